The van der Waals surface area contributed by atoms with Gasteiger partial charge in [0, 0.05) is 72.1 Å². The number of carbonyl (C=O) groups is 4. The summed E-state index contributed by atoms with van der Waals surface area (Å²) in [6, 6.07) is 24.3. The third-order valence-electron chi connectivity index (χ3n) is 12.4. The van der Waals surface area contributed by atoms with E-state index in [1.807, 2.05) is 36.7 Å². The number of hydrogen-bond acceptors (Lipinski definition) is 9. The Bertz CT molecular complexity index is 2170. The molecular weight excluding hydrogens is 761 g/mol. The lowest BCUT2D eigenvalue weighted by molar-refractivity contribution is -0.137. The number of aliphatic hydroxyl groups is 1. The van der Waals surface area contributed by atoms with Crippen molar-refractivity contribution in [3.63, 3.8) is 0 Å². The molecule has 0 saturated carbocycles. The number of unbranched alkanes of at least 4 members (excludes halogenated alkanes) is 6. The van der Waals surface area contributed by atoms with Crippen molar-refractivity contribution in [2.45, 2.75) is 107 Å². The summed E-state index contributed by atoms with van der Waals surface area (Å²) in [6.45, 7) is 2.33. The molecule has 4 aliphatic heterocycles. The number of aliphatic hydroxyl groups excluding tert-OH is 1. The summed E-state index contributed by atoms with van der Waals surface area (Å²) >= 11 is 1.77. The quantitative estimate of drug-likeness (QED) is 0.0479. The molecule has 4 aromatic rings. The molecule has 5 heterocycles. The average Bonchev–Trinajstić information content (AvgIpc) is 3.82. The largest absolute Gasteiger partial charge is 0.394 e. The number of hydrogen-bond donors (Lipinski definition) is 4. The van der Waals surface area contributed by atoms with Crippen LogP contribution in [0.2, 0.25) is 0 Å². The van der Waals surface area contributed by atoms with E-state index < -0.39 is 6.04 Å². The van der Waals surface area contributed by atoms with Crippen LogP contribution in [0.4, 0.5) is 11.4 Å². The Morgan fingerprint density at radius 3 is 2.47 bits per heavy atom. The number of benzene rings is 3. The first-order valence-electron chi connectivity index (χ1n) is 21.3. The summed E-state index contributed by atoms with van der Waals surface area (Å²) in [6.07, 6.45) is 13.3. The number of aromatic nitrogens is 1. The van der Waals surface area contributed by atoms with Gasteiger partial charge < -0.3 is 20.6 Å². The van der Waals surface area contributed by atoms with E-state index in [4.69, 9.17) is 0 Å². The number of anilines is 2. The zero-order valence-electron chi connectivity index (χ0n) is 33.5. The Morgan fingerprint density at radius 2 is 1.66 bits per heavy atom. The van der Waals surface area contributed by atoms with Gasteiger partial charge in [-0.25, -0.2) is 0 Å². The molecule has 4 atom stereocenters. The zero-order valence-corrected chi connectivity index (χ0v) is 34.4. The summed E-state index contributed by atoms with van der Waals surface area (Å²) in [5.41, 5.74) is 8.19. The maximum absolute atomic E-state index is 13.1. The minimum atomic E-state index is -0.596. The van der Waals surface area contributed by atoms with Crippen LogP contribution in [0.25, 0.3) is 11.1 Å². The highest BCUT2D eigenvalue weighted by Crippen LogP contribution is 2.48. The summed E-state index contributed by atoms with van der Waals surface area (Å²) in [7, 11) is 0. The predicted octanol–water partition coefficient (Wildman–Crippen LogP) is 7.71. The van der Waals surface area contributed by atoms with Gasteiger partial charge in [-0.15, -0.1) is 11.8 Å². The van der Waals surface area contributed by atoms with Crippen LogP contribution in [0.5, 0.6) is 0 Å². The molecule has 4 aliphatic rings. The highest BCUT2D eigenvalue weighted by molar-refractivity contribution is 7.99. The number of thioether (sulfide) groups is 1. The molecule has 0 spiro atoms. The number of rotatable bonds is 17. The molecule has 308 valence electrons. The Labute approximate surface area is 350 Å². The number of nitrogens with one attached hydrogen (secondary N) is 3. The highest BCUT2D eigenvalue weighted by atomic mass is 32.2. The monoisotopic (exact) mass is 814 g/mol. The lowest BCUT2D eigenvalue weighted by atomic mass is 9.82. The van der Waals surface area contributed by atoms with Gasteiger partial charge in [0.05, 0.1) is 12.6 Å². The number of carbonyl (C=O) groups excluding carboxylic acids is 4. The Balaban J connectivity index is 0.751. The molecule has 0 bridgehead atoms. The van der Waals surface area contributed by atoms with Gasteiger partial charge in [0.1, 0.15) is 6.04 Å². The molecule has 2 saturated heterocycles. The van der Waals surface area contributed by atoms with Crippen LogP contribution in [0.15, 0.2) is 90.1 Å². The average molecular weight is 815 g/mol. The summed E-state index contributed by atoms with van der Waals surface area (Å²) in [5, 5.41) is 19.4. The second-order valence-corrected chi connectivity index (χ2v) is 17.5. The van der Waals surface area contributed by atoms with Crippen LogP contribution in [0.3, 0.4) is 0 Å². The second-order valence-electron chi connectivity index (χ2n) is 16.3. The SMILES string of the molecule is O=C1CCC(N2Cc3c(SCCCCCCCCCC(=O)Nc4cccc(-c5ccc6c(c5)[C@H]5[C@H](CCN5Cc5ccncc5)[C@@H](CO)N6)c4)cccc3C2=O)C(=O)N1. The smallest absolute Gasteiger partial charge is 0.255 e. The van der Waals surface area contributed by atoms with E-state index in [1.54, 1.807) is 16.7 Å². The third-order valence-corrected chi connectivity index (χ3v) is 13.6. The number of fused-ring (bicyclic) bond motifs is 4. The fourth-order valence-corrected chi connectivity index (χ4v) is 10.5. The molecule has 1 aromatic heterocycles. The van der Waals surface area contributed by atoms with Crippen molar-refractivity contribution in [1.29, 1.82) is 0 Å². The molecule has 2 fully saturated rings. The molecule has 8 rings (SSSR count). The van der Waals surface area contributed by atoms with Crippen LogP contribution in [0, 0.1) is 5.92 Å². The van der Waals surface area contributed by atoms with Gasteiger partial charge in [-0.3, -0.25) is 34.4 Å². The number of nitrogens with zero attached hydrogens (tertiary/aromatic N) is 3. The highest BCUT2D eigenvalue weighted by Gasteiger charge is 2.44. The van der Waals surface area contributed by atoms with E-state index in [0.29, 0.717) is 30.9 Å². The Hall–Kier alpha value is -5.04. The first-order valence-corrected chi connectivity index (χ1v) is 22.3. The van der Waals surface area contributed by atoms with Crippen molar-refractivity contribution < 1.29 is 24.3 Å². The van der Waals surface area contributed by atoms with Crippen LogP contribution >= 0.6 is 11.8 Å². The molecule has 12 heteroatoms. The van der Waals surface area contributed by atoms with Crippen molar-refractivity contribution in [3.8, 4) is 11.1 Å². The Kier molecular flexibility index (Phi) is 13.1. The van der Waals surface area contributed by atoms with Gasteiger partial charge in [-0.2, -0.15) is 0 Å². The molecule has 4 amide bonds. The van der Waals surface area contributed by atoms with Gasteiger partial charge in [0.2, 0.25) is 17.7 Å². The number of likely N-dealkylation sites (tertiary alicyclic amines) is 1. The van der Waals surface area contributed by atoms with Gasteiger partial charge in [0.25, 0.3) is 5.91 Å². The fraction of sp³-hybridized carbons (Fsp3) is 0.426. The van der Waals surface area contributed by atoms with Crippen molar-refractivity contribution in [1.82, 2.24) is 20.1 Å². The molecule has 59 heavy (non-hydrogen) atoms. The van der Waals surface area contributed by atoms with Crippen molar-refractivity contribution in [2.75, 3.05) is 29.5 Å². The minimum absolute atomic E-state index is 0.0243. The number of pyridine rings is 1. The topological polar surface area (TPSA) is 144 Å². The molecular formula is C47H54N6O5S. The first-order chi connectivity index (χ1) is 28.9. The first kappa shape index (κ1) is 40.7. The van der Waals surface area contributed by atoms with Crippen LogP contribution in [-0.4, -0.2) is 74.5 Å². The number of piperidine rings is 1. The molecule has 0 aliphatic carbocycles. The lowest BCUT2D eigenvalue weighted by Crippen LogP contribution is -2.52. The third kappa shape index (κ3) is 9.40. The van der Waals surface area contributed by atoms with E-state index in [9.17, 15) is 24.3 Å². The van der Waals surface area contributed by atoms with Crippen molar-refractivity contribution in [2.24, 2.45) is 5.92 Å². The molecule has 4 N–H and O–H groups in total. The van der Waals surface area contributed by atoms with Gasteiger partial charge in [-0.1, -0.05) is 56.4 Å². The van der Waals surface area contributed by atoms with Crippen molar-refractivity contribution in [3.05, 3.63) is 107 Å². The zero-order chi connectivity index (χ0) is 40.7. The fourth-order valence-electron chi connectivity index (χ4n) is 9.38. The molecule has 11 nitrogen and oxygen atoms in total. The van der Waals surface area contributed by atoms with Crippen LogP contribution in [0.1, 0.15) is 104 Å². The second kappa shape index (κ2) is 18.9. The lowest BCUT2D eigenvalue weighted by Gasteiger charge is -2.39. The predicted molar refractivity (Wildman–Crippen MR) is 231 cm³/mol. The maximum atomic E-state index is 13.1. The van der Waals surface area contributed by atoms with E-state index in [0.717, 1.165) is 103 Å². The van der Waals surface area contributed by atoms with E-state index in [2.05, 4.69) is 74.4 Å². The van der Waals surface area contributed by atoms with Gasteiger partial charge >= 0.3 is 0 Å². The minimum Gasteiger partial charge on any atom is -0.394 e. The van der Waals surface area contributed by atoms with E-state index in [1.165, 1.54) is 11.1 Å². The number of amides is 4. The summed E-state index contributed by atoms with van der Waals surface area (Å²) < 4.78 is 0. The standard InChI is InChI=1S/C47H54N6O5S/c54-30-40-36-21-24-52(28-31-19-22-48-23-20-31)45(36)37-27-33(15-16-39(37)50-40)32-10-8-11-34(26-32)49-43(55)14-6-4-2-1-3-5-7-25-59-42-13-9-12-35-38(42)29-53(47(35)58)41-17-18-44(56)51-46(41)57/h8-13,15-16,19-20,22-23,26-27,36,40-41,45,50,54H,1-7,14,17-18,21,24-25,28-30H2,(H,49,55)(H,51,56,57)/t36-,40-,41?,45-/m1/s1. The molecule has 3 aromatic carbocycles. The van der Waals surface area contributed by atoms with Gasteiger partial charge in [0.15, 0.2) is 0 Å². The molecule has 0 radical (unpaired) electrons. The van der Waals surface area contributed by atoms with Crippen molar-refractivity contribution >= 4 is 46.8 Å². The summed E-state index contributed by atoms with van der Waals surface area (Å²) in [4.78, 5) is 59.5. The maximum Gasteiger partial charge on any atom is 0.255 e. The van der Waals surface area contributed by atoms with Crippen LogP contribution < -0.4 is 16.0 Å². The Morgan fingerprint density at radius 1 is 0.881 bits per heavy atom. The van der Waals surface area contributed by atoms with E-state index >= 15 is 0 Å². The van der Waals surface area contributed by atoms with Crippen LogP contribution in [-0.2, 0) is 27.5 Å². The molecule has 1 unspecified atom stereocenters. The summed E-state index contributed by atoms with van der Waals surface area (Å²) in [5.74, 6) is 0.534. The normalized spacial score (nSPS) is 21.1. The van der Waals surface area contributed by atoms with E-state index in [-0.39, 0.29) is 48.7 Å². The number of imide groups is 1. The van der Waals surface area contributed by atoms with Gasteiger partial charge in [-0.05, 0) is 114 Å².